The van der Waals surface area contributed by atoms with Crippen molar-refractivity contribution < 1.29 is 19.1 Å². The third-order valence-corrected chi connectivity index (χ3v) is 6.07. The molecule has 1 atom stereocenters. The van der Waals surface area contributed by atoms with Crippen LogP contribution >= 0.6 is 11.6 Å². The molecular formula is C28H33ClN4O4. The highest BCUT2D eigenvalue weighted by Crippen LogP contribution is 2.26. The van der Waals surface area contributed by atoms with Gasteiger partial charge < -0.3 is 25.1 Å². The summed E-state index contributed by atoms with van der Waals surface area (Å²) in [5.41, 5.74) is 3.08. The Kier molecular flexibility index (Phi) is 10.3. The molecule has 0 spiro atoms. The zero-order valence-corrected chi connectivity index (χ0v) is 22.2. The first kappa shape index (κ1) is 27.9. The van der Waals surface area contributed by atoms with E-state index >= 15 is 0 Å². The van der Waals surface area contributed by atoms with E-state index in [4.69, 9.17) is 16.3 Å². The van der Waals surface area contributed by atoms with Gasteiger partial charge in [0.25, 0.3) is 5.91 Å². The van der Waals surface area contributed by atoms with Gasteiger partial charge in [0.15, 0.2) is 0 Å². The minimum atomic E-state index is -0.420. The zero-order valence-electron chi connectivity index (χ0n) is 21.4. The van der Waals surface area contributed by atoms with Gasteiger partial charge >= 0.3 is 0 Å². The van der Waals surface area contributed by atoms with E-state index in [-0.39, 0.29) is 24.0 Å². The molecule has 0 aliphatic rings. The number of aromatic amines is 1. The number of amides is 2. The molecular weight excluding hydrogens is 492 g/mol. The number of rotatable bonds is 13. The summed E-state index contributed by atoms with van der Waals surface area (Å²) in [6.45, 7) is 4.11. The molecule has 9 heteroatoms. The number of hydrogen-bond acceptors (Lipinski definition) is 5. The van der Waals surface area contributed by atoms with Gasteiger partial charge in [0.05, 0.1) is 17.3 Å². The van der Waals surface area contributed by atoms with Crippen molar-refractivity contribution in [3.8, 4) is 17.0 Å². The van der Waals surface area contributed by atoms with E-state index in [9.17, 15) is 14.4 Å². The van der Waals surface area contributed by atoms with Crippen molar-refractivity contribution in [1.29, 1.82) is 0 Å². The van der Waals surface area contributed by atoms with Gasteiger partial charge in [-0.25, -0.2) is 4.98 Å². The maximum atomic E-state index is 13.0. The van der Waals surface area contributed by atoms with Gasteiger partial charge in [-0.2, -0.15) is 0 Å². The second-order valence-electron chi connectivity index (χ2n) is 8.88. The first-order chi connectivity index (χ1) is 17.8. The van der Waals surface area contributed by atoms with Crippen molar-refractivity contribution in [3.05, 3.63) is 70.6 Å². The van der Waals surface area contributed by atoms with Crippen LogP contribution in [0.5, 0.6) is 5.75 Å². The van der Waals surface area contributed by atoms with E-state index in [0.29, 0.717) is 42.2 Å². The van der Waals surface area contributed by atoms with Crippen molar-refractivity contribution in [1.82, 2.24) is 20.6 Å². The predicted molar refractivity (Wildman–Crippen MR) is 144 cm³/mol. The second-order valence-corrected chi connectivity index (χ2v) is 9.28. The van der Waals surface area contributed by atoms with Crippen LogP contribution in [0.3, 0.4) is 0 Å². The van der Waals surface area contributed by atoms with Gasteiger partial charge in [-0.05, 0) is 43.5 Å². The Hall–Kier alpha value is -3.65. The van der Waals surface area contributed by atoms with Gasteiger partial charge in [0, 0.05) is 49.7 Å². The molecule has 0 aliphatic carbocycles. The van der Waals surface area contributed by atoms with Crippen molar-refractivity contribution in [2.75, 3.05) is 13.7 Å². The lowest BCUT2D eigenvalue weighted by atomic mass is 10.0. The van der Waals surface area contributed by atoms with Crippen molar-refractivity contribution >= 4 is 29.2 Å². The first-order valence-corrected chi connectivity index (χ1v) is 12.7. The van der Waals surface area contributed by atoms with Crippen LogP contribution in [0.25, 0.3) is 11.3 Å². The summed E-state index contributed by atoms with van der Waals surface area (Å²) in [4.78, 5) is 44.0. The monoisotopic (exact) mass is 524 g/mol. The molecule has 0 fully saturated rings. The molecule has 3 aromatic rings. The standard InChI is InChI=1S/C28H33ClN4O4/c1-4-13-37-25-11-10-21(15-23(25)29)28(36)32-22(16-27(35)30-3)14-19-6-8-20(9-7-19)24-17-31-26(33-24)12-5-18(2)34/h6-11,15,17,22H,4-5,12-14,16H2,1-3H3,(H,30,35)(H,31,33)(H,32,36)/t22-/m0/s1. The smallest absolute Gasteiger partial charge is 0.251 e. The number of nitrogens with zero attached hydrogens (tertiary/aromatic N) is 1. The third kappa shape index (κ3) is 8.46. The predicted octanol–water partition coefficient (Wildman–Crippen LogP) is 4.52. The molecule has 0 aliphatic heterocycles. The summed E-state index contributed by atoms with van der Waals surface area (Å²) in [6.07, 6.45) is 4.30. The molecule has 8 nitrogen and oxygen atoms in total. The number of carbonyl (C=O) groups is 3. The molecule has 3 rings (SSSR count). The summed E-state index contributed by atoms with van der Waals surface area (Å²) in [5.74, 6) is 0.946. The second kappa shape index (κ2) is 13.6. The third-order valence-electron chi connectivity index (χ3n) is 5.78. The number of Topliss-reactive ketones (excluding diaryl/α,β-unsaturated/α-hetero) is 1. The van der Waals surface area contributed by atoms with Crippen LogP contribution in [0.1, 0.15) is 54.9 Å². The quantitative estimate of drug-likeness (QED) is 0.304. The number of halogens is 1. The molecule has 2 amide bonds. The lowest BCUT2D eigenvalue weighted by Gasteiger charge is -2.19. The van der Waals surface area contributed by atoms with Crippen molar-refractivity contribution in [2.45, 2.75) is 52.0 Å². The number of carbonyl (C=O) groups excluding carboxylic acids is 3. The SMILES string of the molecule is CCCOc1ccc(C(=O)N[C@H](CC(=O)NC)Cc2ccc(-c3c[nH]c(CCC(C)=O)n3)cc2)cc1Cl. The Morgan fingerprint density at radius 3 is 2.54 bits per heavy atom. The van der Waals surface area contributed by atoms with Crippen molar-refractivity contribution in [2.24, 2.45) is 0 Å². The minimum absolute atomic E-state index is 0.127. The molecule has 3 N–H and O–H groups in total. The molecule has 1 aromatic heterocycles. The number of ether oxygens (including phenoxy) is 1. The number of aromatic nitrogens is 2. The molecule has 0 saturated carbocycles. The Morgan fingerprint density at radius 1 is 1.14 bits per heavy atom. The van der Waals surface area contributed by atoms with Gasteiger partial charge in [-0.3, -0.25) is 9.59 Å². The summed E-state index contributed by atoms with van der Waals surface area (Å²) in [6, 6.07) is 12.3. The van der Waals surface area contributed by atoms with E-state index in [1.165, 1.54) is 0 Å². The molecule has 0 bridgehead atoms. The summed E-state index contributed by atoms with van der Waals surface area (Å²) >= 11 is 6.29. The lowest BCUT2D eigenvalue weighted by molar-refractivity contribution is -0.121. The number of aryl methyl sites for hydroxylation is 1. The fourth-order valence-electron chi connectivity index (χ4n) is 3.77. The average molecular weight is 525 g/mol. The Balaban J connectivity index is 1.68. The first-order valence-electron chi connectivity index (χ1n) is 12.4. The van der Waals surface area contributed by atoms with Crippen LogP contribution in [-0.2, 0) is 22.4 Å². The molecule has 0 radical (unpaired) electrons. The Labute approximate surface area is 222 Å². The number of H-pyrrole nitrogens is 1. The maximum absolute atomic E-state index is 13.0. The zero-order chi connectivity index (χ0) is 26.8. The normalized spacial score (nSPS) is 11.6. The van der Waals surface area contributed by atoms with Crippen molar-refractivity contribution in [3.63, 3.8) is 0 Å². The average Bonchev–Trinajstić information content (AvgIpc) is 3.36. The minimum Gasteiger partial charge on any atom is -0.492 e. The van der Waals surface area contributed by atoms with Crippen LogP contribution in [0.4, 0.5) is 0 Å². The number of imidazole rings is 1. The van der Waals surface area contributed by atoms with Crippen LogP contribution in [0, 0.1) is 0 Å². The highest BCUT2D eigenvalue weighted by Gasteiger charge is 2.19. The number of ketones is 1. The van der Waals surface area contributed by atoms with Gasteiger partial charge in [-0.15, -0.1) is 0 Å². The Bertz CT molecular complexity index is 1220. The topological polar surface area (TPSA) is 113 Å². The molecule has 37 heavy (non-hydrogen) atoms. The van der Waals surface area contributed by atoms with E-state index in [1.54, 1.807) is 32.2 Å². The van der Waals surface area contributed by atoms with Crippen LogP contribution in [0.15, 0.2) is 48.7 Å². The highest BCUT2D eigenvalue weighted by atomic mass is 35.5. The summed E-state index contributed by atoms with van der Waals surface area (Å²) in [7, 11) is 1.57. The molecule has 2 aromatic carbocycles. The van der Waals surface area contributed by atoms with E-state index in [1.807, 2.05) is 37.4 Å². The van der Waals surface area contributed by atoms with Crippen LogP contribution < -0.4 is 15.4 Å². The summed E-state index contributed by atoms with van der Waals surface area (Å²) < 4.78 is 5.58. The van der Waals surface area contributed by atoms with Crippen LogP contribution in [0.2, 0.25) is 5.02 Å². The van der Waals surface area contributed by atoms with Crippen LogP contribution in [-0.4, -0.2) is 47.3 Å². The van der Waals surface area contributed by atoms with Gasteiger partial charge in [0.2, 0.25) is 5.91 Å². The Morgan fingerprint density at radius 2 is 1.89 bits per heavy atom. The van der Waals surface area contributed by atoms with E-state index < -0.39 is 6.04 Å². The fraction of sp³-hybridized carbons (Fsp3) is 0.357. The number of benzene rings is 2. The molecule has 1 heterocycles. The molecule has 196 valence electrons. The number of hydrogen-bond donors (Lipinski definition) is 3. The molecule has 0 unspecified atom stereocenters. The van der Waals surface area contributed by atoms with E-state index in [2.05, 4.69) is 20.6 Å². The maximum Gasteiger partial charge on any atom is 0.251 e. The van der Waals surface area contributed by atoms with Gasteiger partial charge in [0.1, 0.15) is 17.4 Å². The molecule has 0 saturated heterocycles. The van der Waals surface area contributed by atoms with Gasteiger partial charge in [-0.1, -0.05) is 42.8 Å². The van der Waals surface area contributed by atoms with E-state index in [0.717, 1.165) is 29.1 Å². The fourth-order valence-corrected chi connectivity index (χ4v) is 4.00. The number of nitrogens with one attached hydrogen (secondary N) is 3. The summed E-state index contributed by atoms with van der Waals surface area (Å²) in [5, 5.41) is 5.95. The lowest BCUT2D eigenvalue weighted by Crippen LogP contribution is -2.40. The highest BCUT2D eigenvalue weighted by molar-refractivity contribution is 6.32. The largest absolute Gasteiger partial charge is 0.492 e.